The molecule has 172 valence electrons. The highest BCUT2D eigenvalue weighted by molar-refractivity contribution is 5.75. The summed E-state index contributed by atoms with van der Waals surface area (Å²) in [4.78, 5) is 17.7. The molecule has 1 saturated heterocycles. The van der Waals surface area contributed by atoms with Gasteiger partial charge in [0.2, 0.25) is 5.88 Å². The Bertz CT molecular complexity index is 1160. The van der Waals surface area contributed by atoms with Crippen LogP contribution in [-0.2, 0) is 11.4 Å². The predicted octanol–water partition coefficient (Wildman–Crippen LogP) is 5.46. The van der Waals surface area contributed by atoms with E-state index in [0.717, 1.165) is 5.56 Å². The zero-order valence-electron chi connectivity index (χ0n) is 18.8. The summed E-state index contributed by atoms with van der Waals surface area (Å²) in [5.74, 6) is -2.89. The lowest BCUT2D eigenvalue weighted by Crippen LogP contribution is -2.28. The van der Waals surface area contributed by atoms with Crippen molar-refractivity contribution < 1.29 is 23.4 Å². The first-order valence-corrected chi connectivity index (χ1v) is 10.8. The van der Waals surface area contributed by atoms with E-state index in [-0.39, 0.29) is 30.2 Å². The Hall–Kier alpha value is -3.48. The summed E-state index contributed by atoms with van der Waals surface area (Å²) in [6.45, 7) is 6.27. The molecule has 1 aliphatic rings. The molecule has 0 amide bonds. The van der Waals surface area contributed by atoms with Gasteiger partial charge in [-0.15, -0.1) is 0 Å². The summed E-state index contributed by atoms with van der Waals surface area (Å²) < 4.78 is 36.4. The van der Waals surface area contributed by atoms with Gasteiger partial charge in [-0.2, -0.15) is 0 Å². The van der Waals surface area contributed by atoms with E-state index < -0.39 is 28.9 Å². The molecule has 1 N–H and O–H groups in total. The Morgan fingerprint density at radius 3 is 2.42 bits per heavy atom. The number of carboxylic acids is 1. The number of pyridine rings is 1. The minimum atomic E-state index is -0.911. The van der Waals surface area contributed by atoms with Crippen LogP contribution in [0.1, 0.15) is 25.1 Å². The van der Waals surface area contributed by atoms with Crippen molar-refractivity contribution >= 4 is 11.7 Å². The number of hydrogen-bond acceptors (Lipinski definition) is 4. The van der Waals surface area contributed by atoms with Crippen molar-refractivity contribution in [2.24, 2.45) is 11.3 Å². The fourth-order valence-corrected chi connectivity index (χ4v) is 4.30. The Kier molecular flexibility index (Phi) is 6.06. The number of anilines is 1. The van der Waals surface area contributed by atoms with Crippen LogP contribution in [0.3, 0.4) is 0 Å². The molecule has 2 heterocycles. The fourth-order valence-electron chi connectivity index (χ4n) is 4.30. The highest BCUT2D eigenvalue weighted by atomic mass is 19.1. The number of nitrogens with zero attached hydrogens (tertiary/aromatic N) is 2. The summed E-state index contributed by atoms with van der Waals surface area (Å²) in [5.41, 5.74) is 1.38. The third-order valence-electron chi connectivity index (χ3n) is 6.12. The minimum absolute atomic E-state index is 0.151. The lowest BCUT2D eigenvalue weighted by molar-refractivity contribution is -0.143. The van der Waals surface area contributed by atoms with Crippen molar-refractivity contribution in [2.45, 2.75) is 27.4 Å². The van der Waals surface area contributed by atoms with Gasteiger partial charge in [-0.3, -0.25) is 4.79 Å². The molecule has 1 atom stereocenters. The van der Waals surface area contributed by atoms with Gasteiger partial charge >= 0.3 is 5.97 Å². The molecule has 1 fully saturated rings. The average Bonchev–Trinajstić information content (AvgIpc) is 3.09. The first-order valence-electron chi connectivity index (χ1n) is 10.8. The number of ether oxygens (including phenoxy) is 1. The zero-order chi connectivity index (χ0) is 23.8. The number of aromatic nitrogens is 1. The molecule has 2 aromatic carbocycles. The second kappa shape index (κ2) is 8.81. The van der Waals surface area contributed by atoms with Crippen molar-refractivity contribution in [3.05, 3.63) is 77.5 Å². The second-order valence-corrected chi connectivity index (χ2v) is 9.12. The molecule has 1 aliphatic heterocycles. The Morgan fingerprint density at radius 1 is 1.15 bits per heavy atom. The van der Waals surface area contributed by atoms with Crippen LogP contribution in [0.25, 0.3) is 11.1 Å². The van der Waals surface area contributed by atoms with Crippen LogP contribution in [0.5, 0.6) is 5.88 Å². The van der Waals surface area contributed by atoms with Gasteiger partial charge in [0.1, 0.15) is 18.2 Å². The van der Waals surface area contributed by atoms with E-state index in [9.17, 15) is 9.90 Å². The van der Waals surface area contributed by atoms with E-state index >= 15 is 8.78 Å². The van der Waals surface area contributed by atoms with E-state index in [0.29, 0.717) is 17.9 Å². The zero-order valence-corrected chi connectivity index (χ0v) is 18.8. The predicted molar refractivity (Wildman–Crippen MR) is 122 cm³/mol. The van der Waals surface area contributed by atoms with Crippen molar-refractivity contribution in [1.29, 1.82) is 0 Å². The summed E-state index contributed by atoms with van der Waals surface area (Å²) >= 11 is 0. The first kappa shape index (κ1) is 22.7. The number of benzene rings is 2. The molecule has 5 nitrogen and oxygen atoms in total. The molecule has 0 bridgehead atoms. The third-order valence-corrected chi connectivity index (χ3v) is 6.12. The van der Waals surface area contributed by atoms with Gasteiger partial charge < -0.3 is 14.7 Å². The van der Waals surface area contributed by atoms with Crippen LogP contribution in [0, 0.1) is 29.9 Å². The van der Waals surface area contributed by atoms with Crippen LogP contribution < -0.4 is 9.64 Å². The van der Waals surface area contributed by atoms with E-state index in [4.69, 9.17) is 4.74 Å². The van der Waals surface area contributed by atoms with E-state index in [1.807, 2.05) is 44.2 Å². The summed E-state index contributed by atoms with van der Waals surface area (Å²) in [6, 6.07) is 15.2. The minimum Gasteiger partial charge on any atom is -0.481 e. The van der Waals surface area contributed by atoms with Crippen LogP contribution in [0.15, 0.2) is 54.6 Å². The van der Waals surface area contributed by atoms with Crippen LogP contribution in [0.2, 0.25) is 0 Å². The van der Waals surface area contributed by atoms with Crippen molar-refractivity contribution in [3.63, 3.8) is 0 Å². The van der Waals surface area contributed by atoms with Crippen molar-refractivity contribution in [2.75, 3.05) is 18.0 Å². The van der Waals surface area contributed by atoms with Gasteiger partial charge in [-0.05, 0) is 42.2 Å². The number of aryl methyl sites for hydroxylation is 1. The van der Waals surface area contributed by atoms with E-state index in [1.54, 1.807) is 24.0 Å². The van der Waals surface area contributed by atoms with Crippen LogP contribution in [-0.4, -0.2) is 29.1 Å². The maximum atomic E-state index is 15.3. The number of hydrogen-bond donors (Lipinski definition) is 1. The largest absolute Gasteiger partial charge is 0.481 e. The number of halogens is 2. The first-order chi connectivity index (χ1) is 15.7. The average molecular weight is 453 g/mol. The number of aliphatic carboxylic acids is 1. The maximum absolute atomic E-state index is 15.3. The normalized spacial score (nSPS) is 17.2. The molecule has 0 spiro atoms. The van der Waals surface area contributed by atoms with Crippen molar-refractivity contribution in [1.82, 2.24) is 4.98 Å². The van der Waals surface area contributed by atoms with E-state index in [2.05, 4.69) is 4.98 Å². The quantitative estimate of drug-likeness (QED) is 0.538. The molecule has 0 aliphatic carbocycles. The molecule has 1 aromatic heterocycles. The molecule has 33 heavy (non-hydrogen) atoms. The van der Waals surface area contributed by atoms with Crippen LogP contribution >= 0.6 is 0 Å². The van der Waals surface area contributed by atoms with E-state index in [1.165, 1.54) is 12.1 Å². The highest BCUT2D eigenvalue weighted by Gasteiger charge is 2.44. The maximum Gasteiger partial charge on any atom is 0.308 e. The lowest BCUT2D eigenvalue weighted by atomic mass is 9.82. The molecule has 0 saturated carbocycles. The number of carboxylic acid groups (broad SMARTS) is 1. The number of carbonyl (C=O) groups is 1. The molecular weight excluding hydrogens is 426 g/mol. The van der Waals surface area contributed by atoms with Gasteiger partial charge in [0.15, 0.2) is 0 Å². The SMILES string of the molecule is Cc1ccc(-c2c(F)cc(N3C[C@H](C(=O)O)C(C)(C)C3)cc2F)c(OCc2ccccc2)n1. The van der Waals surface area contributed by atoms with Gasteiger partial charge in [0, 0.05) is 30.0 Å². The summed E-state index contributed by atoms with van der Waals surface area (Å²) in [7, 11) is 0. The summed E-state index contributed by atoms with van der Waals surface area (Å²) in [6.07, 6.45) is 0. The molecule has 4 rings (SSSR count). The Morgan fingerprint density at radius 2 is 1.82 bits per heavy atom. The smallest absolute Gasteiger partial charge is 0.308 e. The molecule has 7 heteroatoms. The third kappa shape index (κ3) is 4.67. The molecule has 0 radical (unpaired) electrons. The fraction of sp³-hybridized carbons (Fsp3) is 0.308. The molecule has 0 unspecified atom stereocenters. The highest BCUT2D eigenvalue weighted by Crippen LogP contribution is 2.40. The Labute approximate surface area is 191 Å². The Balaban J connectivity index is 1.66. The van der Waals surface area contributed by atoms with Gasteiger partial charge in [-0.1, -0.05) is 44.2 Å². The second-order valence-electron chi connectivity index (χ2n) is 9.12. The van der Waals surface area contributed by atoms with Crippen molar-refractivity contribution in [3.8, 4) is 17.0 Å². The molecular formula is C26H26F2N2O3. The van der Waals surface area contributed by atoms with Crippen LogP contribution in [0.4, 0.5) is 14.5 Å². The monoisotopic (exact) mass is 452 g/mol. The van der Waals surface area contributed by atoms with Gasteiger partial charge in [0.25, 0.3) is 0 Å². The lowest BCUT2D eigenvalue weighted by Gasteiger charge is -2.23. The topological polar surface area (TPSA) is 62.7 Å². The summed E-state index contributed by atoms with van der Waals surface area (Å²) in [5, 5.41) is 9.51. The van der Waals surface area contributed by atoms with Gasteiger partial charge in [0.05, 0.1) is 11.5 Å². The number of rotatable bonds is 6. The molecule has 3 aromatic rings. The standard InChI is InChI=1S/C26H26F2N2O3/c1-16-9-10-19(24(29-16)33-14-17-7-5-4-6-8-17)23-21(27)11-18(12-22(23)28)30-13-20(25(31)32)26(2,3)15-30/h4-12,20H,13-15H2,1-3H3,(H,31,32)/t20-/m1/s1. The van der Waals surface area contributed by atoms with Gasteiger partial charge in [-0.25, -0.2) is 13.8 Å².